The predicted octanol–water partition coefficient (Wildman–Crippen LogP) is 4.43. The quantitative estimate of drug-likeness (QED) is 0.643. The van der Waals surface area contributed by atoms with Crippen LogP contribution in [0.15, 0.2) is 67.0 Å². The first-order chi connectivity index (χ1) is 12.6. The molecule has 0 radical (unpaired) electrons. The minimum atomic E-state index is 0.246. The Morgan fingerprint density at radius 2 is 1.73 bits per heavy atom. The summed E-state index contributed by atoms with van der Waals surface area (Å²) < 4.78 is 1.82. The molecule has 0 saturated heterocycles. The number of hydrogen-bond acceptors (Lipinski definition) is 2. The highest BCUT2D eigenvalue weighted by molar-refractivity contribution is 5.75. The van der Waals surface area contributed by atoms with Gasteiger partial charge in [0.15, 0.2) is 0 Å². The Hall–Kier alpha value is -3.12. The van der Waals surface area contributed by atoms with E-state index in [4.69, 9.17) is 0 Å². The van der Waals surface area contributed by atoms with Crippen LogP contribution in [0.4, 0.5) is 0 Å². The van der Waals surface area contributed by atoms with Crippen molar-refractivity contribution in [1.82, 2.24) is 9.78 Å². The van der Waals surface area contributed by atoms with Crippen molar-refractivity contribution in [1.29, 1.82) is 0 Å². The zero-order valence-corrected chi connectivity index (χ0v) is 15.1. The summed E-state index contributed by atoms with van der Waals surface area (Å²) in [4.78, 5) is 11.2. The second kappa shape index (κ2) is 8.31. The second-order valence-corrected chi connectivity index (χ2v) is 6.67. The Bertz CT molecular complexity index is 928. The van der Waals surface area contributed by atoms with Crippen molar-refractivity contribution in [3.05, 3.63) is 83.7 Å². The molecule has 0 N–H and O–H groups in total. The number of carbonyl (C=O) groups excluding carboxylic acids is 1. The monoisotopic (exact) mass is 342 g/mol. The molecule has 2 aromatic carbocycles. The number of Topliss-reactive ketones (excluding diaryl/α,β-unsaturated/α-hetero) is 1. The van der Waals surface area contributed by atoms with Crippen molar-refractivity contribution >= 4 is 5.78 Å². The largest absolute Gasteiger partial charge is 0.300 e. The van der Waals surface area contributed by atoms with Gasteiger partial charge in [0, 0.05) is 18.2 Å². The van der Waals surface area contributed by atoms with E-state index in [1.807, 2.05) is 53.3 Å². The van der Waals surface area contributed by atoms with E-state index in [0.29, 0.717) is 12.3 Å². The molecule has 3 nitrogen and oxygen atoms in total. The molecule has 26 heavy (non-hydrogen) atoms. The Morgan fingerprint density at radius 1 is 1.04 bits per heavy atom. The molecule has 0 aliphatic carbocycles. The number of para-hydroxylation sites is 1. The van der Waals surface area contributed by atoms with E-state index in [-0.39, 0.29) is 5.78 Å². The molecule has 3 aromatic rings. The molecule has 1 atom stereocenters. The van der Waals surface area contributed by atoms with E-state index in [0.717, 1.165) is 23.2 Å². The molecule has 1 heterocycles. The summed E-state index contributed by atoms with van der Waals surface area (Å²) in [6.07, 6.45) is 5.25. The van der Waals surface area contributed by atoms with Gasteiger partial charge < -0.3 is 4.79 Å². The van der Waals surface area contributed by atoms with Gasteiger partial charge in [0.05, 0.1) is 17.4 Å². The predicted molar refractivity (Wildman–Crippen MR) is 104 cm³/mol. The van der Waals surface area contributed by atoms with Crippen molar-refractivity contribution in [3.63, 3.8) is 0 Å². The Kier molecular flexibility index (Phi) is 5.66. The summed E-state index contributed by atoms with van der Waals surface area (Å²) in [5.74, 6) is 6.96. The van der Waals surface area contributed by atoms with Gasteiger partial charge in [-0.05, 0) is 49.1 Å². The number of rotatable bonds is 5. The van der Waals surface area contributed by atoms with Gasteiger partial charge in [0.1, 0.15) is 5.78 Å². The lowest BCUT2D eigenvalue weighted by molar-refractivity contribution is -0.117. The van der Waals surface area contributed by atoms with Crippen LogP contribution in [0, 0.1) is 17.8 Å². The number of hydrogen-bond donors (Lipinski definition) is 0. The molecule has 0 aliphatic rings. The Labute approximate surface area is 154 Å². The lowest BCUT2D eigenvalue weighted by Crippen LogP contribution is -2.04. The highest BCUT2D eigenvalue weighted by Crippen LogP contribution is 2.13. The van der Waals surface area contributed by atoms with Crippen LogP contribution in [-0.2, 0) is 11.2 Å². The molecule has 130 valence electrons. The van der Waals surface area contributed by atoms with Crippen molar-refractivity contribution in [2.45, 2.75) is 26.7 Å². The fourth-order valence-corrected chi connectivity index (χ4v) is 2.94. The smallest absolute Gasteiger partial charge is 0.130 e. The van der Waals surface area contributed by atoms with E-state index in [9.17, 15) is 4.79 Å². The maximum absolute atomic E-state index is 11.2. The topological polar surface area (TPSA) is 34.9 Å². The molecule has 0 spiro atoms. The highest BCUT2D eigenvalue weighted by Gasteiger charge is 2.06. The van der Waals surface area contributed by atoms with E-state index in [2.05, 4.69) is 36.0 Å². The van der Waals surface area contributed by atoms with Crippen LogP contribution in [0.1, 0.15) is 37.0 Å². The van der Waals surface area contributed by atoms with Gasteiger partial charge in [-0.2, -0.15) is 5.10 Å². The van der Waals surface area contributed by atoms with Gasteiger partial charge in [0.2, 0.25) is 0 Å². The first-order valence-corrected chi connectivity index (χ1v) is 8.80. The average Bonchev–Trinajstić information content (AvgIpc) is 3.10. The fourth-order valence-electron chi connectivity index (χ4n) is 2.94. The molecule has 0 bridgehead atoms. The van der Waals surface area contributed by atoms with Crippen LogP contribution < -0.4 is 0 Å². The SMILES string of the molecule is CC(=O)CC(C)Cc1ccc(C#Cc2cnn(-c3ccccc3)c2)cc1. The van der Waals surface area contributed by atoms with Crippen molar-refractivity contribution in [3.8, 4) is 17.5 Å². The Balaban J connectivity index is 1.65. The van der Waals surface area contributed by atoms with Gasteiger partial charge in [-0.1, -0.05) is 49.1 Å². The number of benzene rings is 2. The number of ketones is 1. The van der Waals surface area contributed by atoms with E-state index in [1.54, 1.807) is 13.1 Å². The standard InChI is InChI=1S/C23H22N2O/c1-18(14-19(2)26)15-21-11-8-20(9-12-21)10-13-22-16-24-25(17-22)23-6-4-3-5-7-23/h3-9,11-12,16-18H,14-15H2,1-2H3. The lowest BCUT2D eigenvalue weighted by Gasteiger charge is -2.09. The number of aromatic nitrogens is 2. The lowest BCUT2D eigenvalue weighted by atomic mass is 9.96. The molecule has 0 amide bonds. The fraction of sp³-hybridized carbons (Fsp3) is 0.217. The summed E-state index contributed by atoms with van der Waals surface area (Å²) >= 11 is 0. The maximum atomic E-state index is 11.2. The third kappa shape index (κ3) is 4.94. The minimum Gasteiger partial charge on any atom is -0.300 e. The van der Waals surface area contributed by atoms with Crippen LogP contribution in [0.2, 0.25) is 0 Å². The molecular formula is C23H22N2O. The van der Waals surface area contributed by atoms with Crippen LogP contribution >= 0.6 is 0 Å². The molecule has 0 saturated carbocycles. The summed E-state index contributed by atoms with van der Waals surface area (Å²) in [6, 6.07) is 18.2. The van der Waals surface area contributed by atoms with Crippen LogP contribution in [0.3, 0.4) is 0 Å². The van der Waals surface area contributed by atoms with E-state index in [1.165, 1.54) is 5.56 Å². The third-order valence-electron chi connectivity index (χ3n) is 4.13. The number of carbonyl (C=O) groups is 1. The zero-order chi connectivity index (χ0) is 18.4. The summed E-state index contributed by atoms with van der Waals surface area (Å²) in [5, 5.41) is 4.36. The van der Waals surface area contributed by atoms with E-state index >= 15 is 0 Å². The first kappa shape index (κ1) is 17.7. The molecule has 1 unspecified atom stereocenters. The zero-order valence-electron chi connectivity index (χ0n) is 15.1. The first-order valence-electron chi connectivity index (χ1n) is 8.80. The van der Waals surface area contributed by atoms with E-state index < -0.39 is 0 Å². The van der Waals surface area contributed by atoms with Crippen LogP contribution in [0.25, 0.3) is 5.69 Å². The minimum absolute atomic E-state index is 0.246. The summed E-state index contributed by atoms with van der Waals surface area (Å²) in [5.41, 5.74) is 4.11. The van der Waals surface area contributed by atoms with Gasteiger partial charge in [0.25, 0.3) is 0 Å². The molecule has 1 aromatic heterocycles. The van der Waals surface area contributed by atoms with Crippen molar-refractivity contribution in [2.24, 2.45) is 5.92 Å². The summed E-state index contributed by atoms with van der Waals surface area (Å²) in [6.45, 7) is 3.76. The van der Waals surface area contributed by atoms with Crippen LogP contribution in [-0.4, -0.2) is 15.6 Å². The normalized spacial score (nSPS) is 11.5. The molecule has 0 aliphatic heterocycles. The molecule has 3 rings (SSSR count). The molecular weight excluding hydrogens is 320 g/mol. The molecule has 0 fully saturated rings. The second-order valence-electron chi connectivity index (χ2n) is 6.67. The maximum Gasteiger partial charge on any atom is 0.130 e. The van der Waals surface area contributed by atoms with Gasteiger partial charge in [-0.15, -0.1) is 0 Å². The van der Waals surface area contributed by atoms with Crippen LogP contribution in [0.5, 0.6) is 0 Å². The Morgan fingerprint density at radius 3 is 2.42 bits per heavy atom. The number of nitrogens with zero attached hydrogens (tertiary/aromatic N) is 2. The van der Waals surface area contributed by atoms with Crippen molar-refractivity contribution in [2.75, 3.05) is 0 Å². The average molecular weight is 342 g/mol. The molecule has 3 heteroatoms. The third-order valence-corrected chi connectivity index (χ3v) is 4.13. The van der Waals surface area contributed by atoms with Crippen molar-refractivity contribution < 1.29 is 4.79 Å². The highest BCUT2D eigenvalue weighted by atomic mass is 16.1. The van der Waals surface area contributed by atoms with Gasteiger partial charge >= 0.3 is 0 Å². The summed E-state index contributed by atoms with van der Waals surface area (Å²) in [7, 11) is 0. The van der Waals surface area contributed by atoms with Gasteiger partial charge in [-0.3, -0.25) is 0 Å². The van der Waals surface area contributed by atoms with Gasteiger partial charge in [-0.25, -0.2) is 4.68 Å².